The van der Waals surface area contributed by atoms with Crippen LogP contribution in [-0.4, -0.2) is 5.67 Å². The van der Waals surface area contributed by atoms with E-state index >= 15 is 0 Å². The Morgan fingerprint density at radius 1 is 1.27 bits per heavy atom. The molecule has 0 radical (unpaired) electrons. The maximum Gasteiger partial charge on any atom is 0.128 e. The van der Waals surface area contributed by atoms with E-state index in [0.717, 1.165) is 19.3 Å². The molecule has 90 valence electrons. The first-order chi connectivity index (χ1) is 6.75. The molecule has 0 aromatic heterocycles. The highest BCUT2D eigenvalue weighted by Gasteiger charge is 2.28. The van der Waals surface area contributed by atoms with E-state index in [0.29, 0.717) is 5.41 Å². The summed E-state index contributed by atoms with van der Waals surface area (Å²) >= 11 is 0. The third-order valence-corrected chi connectivity index (χ3v) is 3.67. The van der Waals surface area contributed by atoms with Gasteiger partial charge in [-0.25, -0.2) is 4.39 Å². The fourth-order valence-corrected chi connectivity index (χ4v) is 1.56. The molecular formula is C14H27F. The van der Waals surface area contributed by atoms with Crippen LogP contribution in [0.25, 0.3) is 0 Å². The van der Waals surface area contributed by atoms with Crippen molar-refractivity contribution in [3.05, 3.63) is 12.2 Å². The summed E-state index contributed by atoms with van der Waals surface area (Å²) in [5, 5.41) is 0. The maximum absolute atomic E-state index is 14.1. The van der Waals surface area contributed by atoms with Crippen LogP contribution in [0.1, 0.15) is 60.8 Å². The van der Waals surface area contributed by atoms with Crippen molar-refractivity contribution in [3.63, 3.8) is 0 Å². The van der Waals surface area contributed by atoms with E-state index in [-0.39, 0.29) is 5.92 Å². The number of alkyl halides is 1. The Kier molecular flexibility index (Phi) is 5.55. The summed E-state index contributed by atoms with van der Waals surface area (Å²) < 4.78 is 14.1. The van der Waals surface area contributed by atoms with Gasteiger partial charge in [-0.05, 0) is 38.0 Å². The van der Waals surface area contributed by atoms with Gasteiger partial charge in [-0.3, -0.25) is 0 Å². The zero-order chi connectivity index (χ0) is 12.1. The first-order valence-corrected chi connectivity index (χ1v) is 6.08. The molecule has 0 unspecified atom stereocenters. The molecule has 0 amide bonds. The summed E-state index contributed by atoms with van der Waals surface area (Å²) in [5.74, 6) is 0.0968. The smallest absolute Gasteiger partial charge is 0.128 e. The SMILES string of the molecule is C/C=C\[C@](C)(F)[C@@H](C)CCC(C)(C)CC. The number of hydrogen-bond donors (Lipinski definition) is 0. The Morgan fingerprint density at radius 3 is 2.20 bits per heavy atom. The van der Waals surface area contributed by atoms with Crippen molar-refractivity contribution in [1.82, 2.24) is 0 Å². The van der Waals surface area contributed by atoms with E-state index in [1.807, 2.05) is 19.9 Å². The van der Waals surface area contributed by atoms with Gasteiger partial charge < -0.3 is 0 Å². The van der Waals surface area contributed by atoms with Gasteiger partial charge in [0.05, 0.1) is 0 Å². The van der Waals surface area contributed by atoms with Gasteiger partial charge in [0.15, 0.2) is 0 Å². The number of rotatable bonds is 6. The van der Waals surface area contributed by atoms with E-state index in [9.17, 15) is 4.39 Å². The standard InChI is InChI=1S/C14H27F/c1-7-10-14(6,15)12(3)9-11-13(4,5)8-2/h7,10,12H,8-9,11H2,1-6H3/b10-7-/t12-,14-/m0/s1. The second kappa shape index (κ2) is 5.67. The fraction of sp³-hybridized carbons (Fsp3) is 0.857. The molecule has 0 aromatic carbocycles. The van der Waals surface area contributed by atoms with Crippen LogP contribution in [0.2, 0.25) is 0 Å². The van der Waals surface area contributed by atoms with E-state index in [1.54, 1.807) is 13.0 Å². The Balaban J connectivity index is 4.20. The molecule has 0 N–H and O–H groups in total. The Bertz CT molecular complexity index is 201. The van der Waals surface area contributed by atoms with Gasteiger partial charge in [-0.1, -0.05) is 46.3 Å². The minimum atomic E-state index is -1.15. The van der Waals surface area contributed by atoms with E-state index in [1.165, 1.54) is 0 Å². The molecule has 0 bridgehead atoms. The van der Waals surface area contributed by atoms with Crippen LogP contribution in [0.4, 0.5) is 4.39 Å². The molecular weight excluding hydrogens is 187 g/mol. The van der Waals surface area contributed by atoms with Crippen molar-refractivity contribution in [3.8, 4) is 0 Å². The van der Waals surface area contributed by atoms with Crippen molar-refractivity contribution in [2.75, 3.05) is 0 Å². The second-order valence-corrected chi connectivity index (χ2v) is 5.61. The first kappa shape index (κ1) is 14.7. The Labute approximate surface area is 95.0 Å². The molecule has 0 saturated carbocycles. The Hall–Kier alpha value is -0.330. The summed E-state index contributed by atoms with van der Waals surface area (Å²) in [7, 11) is 0. The zero-order valence-corrected chi connectivity index (χ0v) is 11.2. The summed E-state index contributed by atoms with van der Waals surface area (Å²) in [5.41, 5.74) is -0.807. The van der Waals surface area contributed by atoms with Gasteiger partial charge in [0, 0.05) is 0 Å². The van der Waals surface area contributed by atoms with Crippen LogP contribution < -0.4 is 0 Å². The molecule has 15 heavy (non-hydrogen) atoms. The summed E-state index contributed by atoms with van der Waals surface area (Å²) in [4.78, 5) is 0. The lowest BCUT2D eigenvalue weighted by Crippen LogP contribution is -2.26. The number of allylic oxidation sites excluding steroid dienone is 2. The van der Waals surface area contributed by atoms with Gasteiger partial charge >= 0.3 is 0 Å². The zero-order valence-electron chi connectivity index (χ0n) is 11.2. The normalized spacial score (nSPS) is 19.1. The van der Waals surface area contributed by atoms with E-state index < -0.39 is 5.67 Å². The lowest BCUT2D eigenvalue weighted by Gasteiger charge is -2.29. The maximum atomic E-state index is 14.1. The topological polar surface area (TPSA) is 0 Å². The minimum Gasteiger partial charge on any atom is -0.239 e. The molecule has 2 atom stereocenters. The molecule has 0 rings (SSSR count). The van der Waals surface area contributed by atoms with Gasteiger partial charge in [-0.15, -0.1) is 0 Å². The molecule has 0 saturated heterocycles. The number of halogens is 1. The summed E-state index contributed by atoms with van der Waals surface area (Å²) in [6.45, 7) is 12.3. The van der Waals surface area contributed by atoms with Gasteiger partial charge in [0.2, 0.25) is 0 Å². The predicted molar refractivity (Wildman–Crippen MR) is 66.8 cm³/mol. The lowest BCUT2D eigenvalue weighted by molar-refractivity contribution is 0.146. The number of hydrogen-bond acceptors (Lipinski definition) is 0. The van der Waals surface area contributed by atoms with Crippen LogP contribution >= 0.6 is 0 Å². The molecule has 0 aromatic rings. The van der Waals surface area contributed by atoms with Gasteiger partial charge in [0.1, 0.15) is 5.67 Å². The summed E-state index contributed by atoms with van der Waals surface area (Å²) in [6, 6.07) is 0. The monoisotopic (exact) mass is 214 g/mol. The fourth-order valence-electron chi connectivity index (χ4n) is 1.56. The largest absolute Gasteiger partial charge is 0.239 e. The quantitative estimate of drug-likeness (QED) is 0.537. The average molecular weight is 214 g/mol. The van der Waals surface area contributed by atoms with Crippen LogP contribution in [0, 0.1) is 11.3 Å². The van der Waals surface area contributed by atoms with Crippen molar-refractivity contribution in [2.45, 2.75) is 66.5 Å². The third-order valence-electron chi connectivity index (χ3n) is 3.67. The Morgan fingerprint density at radius 2 is 1.80 bits per heavy atom. The highest BCUT2D eigenvalue weighted by atomic mass is 19.1. The average Bonchev–Trinajstić information content (AvgIpc) is 2.14. The molecule has 0 aliphatic heterocycles. The lowest BCUT2D eigenvalue weighted by atomic mass is 9.79. The minimum absolute atomic E-state index is 0.0968. The molecule has 0 aliphatic rings. The molecule has 0 heterocycles. The summed E-state index contributed by atoms with van der Waals surface area (Å²) in [6.07, 6.45) is 6.70. The third kappa shape index (κ3) is 5.34. The molecule has 0 aliphatic carbocycles. The van der Waals surface area contributed by atoms with E-state index in [4.69, 9.17) is 0 Å². The van der Waals surface area contributed by atoms with E-state index in [2.05, 4.69) is 20.8 Å². The van der Waals surface area contributed by atoms with Crippen molar-refractivity contribution < 1.29 is 4.39 Å². The molecule has 0 fully saturated rings. The van der Waals surface area contributed by atoms with Crippen molar-refractivity contribution in [1.29, 1.82) is 0 Å². The molecule has 1 heteroatoms. The second-order valence-electron chi connectivity index (χ2n) is 5.61. The van der Waals surface area contributed by atoms with Crippen molar-refractivity contribution >= 4 is 0 Å². The van der Waals surface area contributed by atoms with Crippen LogP contribution in [-0.2, 0) is 0 Å². The van der Waals surface area contributed by atoms with Crippen LogP contribution in [0.5, 0.6) is 0 Å². The van der Waals surface area contributed by atoms with Crippen molar-refractivity contribution in [2.24, 2.45) is 11.3 Å². The highest BCUT2D eigenvalue weighted by Crippen LogP contribution is 2.33. The predicted octanol–water partition coefficient (Wildman–Crippen LogP) is 5.14. The first-order valence-electron chi connectivity index (χ1n) is 6.08. The highest BCUT2D eigenvalue weighted by molar-refractivity contribution is 5.00. The van der Waals surface area contributed by atoms with Crippen LogP contribution in [0.15, 0.2) is 12.2 Å². The van der Waals surface area contributed by atoms with Gasteiger partial charge in [-0.2, -0.15) is 0 Å². The molecule has 0 nitrogen and oxygen atoms in total. The van der Waals surface area contributed by atoms with Gasteiger partial charge in [0.25, 0.3) is 0 Å². The van der Waals surface area contributed by atoms with Crippen LogP contribution in [0.3, 0.4) is 0 Å². The molecule has 0 spiro atoms.